The smallest absolute Gasteiger partial charge is 0.330 e. The summed E-state index contributed by atoms with van der Waals surface area (Å²) in [5.41, 5.74) is -0.550. The fourth-order valence-corrected chi connectivity index (χ4v) is 1.80. The Kier molecular flexibility index (Phi) is 2.90. The molecule has 0 atom stereocenters. The van der Waals surface area contributed by atoms with Crippen molar-refractivity contribution in [3.63, 3.8) is 0 Å². The minimum Gasteiger partial charge on any atom is -0.330 e. The van der Waals surface area contributed by atoms with Gasteiger partial charge in [-0.15, -0.1) is 0 Å². The first-order valence-electron chi connectivity index (χ1n) is 5.66. The molecular weight excluding hydrogens is 236 g/mol. The number of ketones is 1. The number of fused-ring (bicyclic) bond motifs is 1. The standard InChI is InChI=1S/C11H14N4O3/c1-4-5-6(16)8-12-7-9(13-8)14(2)11(18)15(3)10(7)17/h4-5H2,1-3H3,(H,12,13). The van der Waals surface area contributed by atoms with Gasteiger partial charge in [-0.1, -0.05) is 6.92 Å². The fourth-order valence-electron chi connectivity index (χ4n) is 1.80. The molecule has 0 spiro atoms. The lowest BCUT2D eigenvalue weighted by Crippen LogP contribution is -2.36. The number of aromatic amines is 1. The molecule has 0 amide bonds. The van der Waals surface area contributed by atoms with Gasteiger partial charge in [0, 0.05) is 20.5 Å². The third-order valence-electron chi connectivity index (χ3n) is 2.84. The first-order valence-corrected chi connectivity index (χ1v) is 5.66. The Morgan fingerprint density at radius 1 is 1.28 bits per heavy atom. The lowest BCUT2D eigenvalue weighted by atomic mass is 10.2. The van der Waals surface area contributed by atoms with Crippen LogP contribution in [0.4, 0.5) is 0 Å². The average Bonchev–Trinajstić information content (AvgIpc) is 2.79. The summed E-state index contributed by atoms with van der Waals surface area (Å²) in [6.45, 7) is 1.88. The molecule has 2 aromatic heterocycles. The Morgan fingerprint density at radius 2 is 1.94 bits per heavy atom. The molecule has 0 aliphatic rings. The van der Waals surface area contributed by atoms with E-state index < -0.39 is 11.2 Å². The van der Waals surface area contributed by atoms with Gasteiger partial charge in [0.25, 0.3) is 5.56 Å². The molecule has 0 saturated carbocycles. The van der Waals surface area contributed by atoms with Crippen molar-refractivity contribution in [3.05, 3.63) is 26.7 Å². The number of H-pyrrole nitrogens is 1. The summed E-state index contributed by atoms with van der Waals surface area (Å²) in [7, 11) is 2.90. The number of hydrogen-bond acceptors (Lipinski definition) is 4. The summed E-state index contributed by atoms with van der Waals surface area (Å²) in [5, 5.41) is 0. The monoisotopic (exact) mass is 250 g/mol. The third-order valence-corrected chi connectivity index (χ3v) is 2.84. The number of Topliss-reactive ketones (excluding diaryl/α,β-unsaturated/α-hetero) is 1. The van der Waals surface area contributed by atoms with Crippen molar-refractivity contribution >= 4 is 16.9 Å². The number of nitrogens with zero attached hydrogens (tertiary/aromatic N) is 3. The predicted molar refractivity (Wildman–Crippen MR) is 65.8 cm³/mol. The Labute approximate surface area is 102 Å². The molecule has 0 bridgehead atoms. The maximum absolute atomic E-state index is 11.9. The molecule has 96 valence electrons. The zero-order valence-corrected chi connectivity index (χ0v) is 10.5. The highest BCUT2D eigenvalue weighted by Crippen LogP contribution is 2.07. The van der Waals surface area contributed by atoms with Crippen LogP contribution in [-0.2, 0) is 14.1 Å². The number of imidazole rings is 1. The highest BCUT2D eigenvalue weighted by Gasteiger charge is 2.16. The van der Waals surface area contributed by atoms with E-state index in [1.165, 1.54) is 18.7 Å². The van der Waals surface area contributed by atoms with E-state index in [1.807, 2.05) is 6.92 Å². The van der Waals surface area contributed by atoms with Crippen molar-refractivity contribution in [2.45, 2.75) is 19.8 Å². The van der Waals surface area contributed by atoms with E-state index in [1.54, 1.807) is 0 Å². The molecule has 0 aromatic carbocycles. The van der Waals surface area contributed by atoms with E-state index in [2.05, 4.69) is 9.97 Å². The molecule has 0 saturated heterocycles. The summed E-state index contributed by atoms with van der Waals surface area (Å²) in [6.07, 6.45) is 1.06. The number of aryl methyl sites for hydroxylation is 1. The molecule has 0 radical (unpaired) electrons. The van der Waals surface area contributed by atoms with Crippen LogP contribution in [0.2, 0.25) is 0 Å². The lowest BCUT2D eigenvalue weighted by molar-refractivity contribution is 0.0973. The Balaban J connectivity index is 2.77. The topological polar surface area (TPSA) is 89.8 Å². The molecule has 7 heteroatoms. The van der Waals surface area contributed by atoms with Crippen LogP contribution in [0.3, 0.4) is 0 Å². The maximum atomic E-state index is 11.9. The van der Waals surface area contributed by atoms with Crippen molar-refractivity contribution in [2.24, 2.45) is 14.1 Å². The molecule has 1 N–H and O–H groups in total. The predicted octanol–water partition coefficient (Wildman–Crippen LogP) is -0.0569. The van der Waals surface area contributed by atoms with Gasteiger partial charge in [0.15, 0.2) is 17.3 Å². The average molecular weight is 250 g/mol. The molecule has 0 aliphatic heterocycles. The van der Waals surface area contributed by atoms with Gasteiger partial charge in [-0.05, 0) is 6.42 Å². The highest BCUT2D eigenvalue weighted by atomic mass is 16.2. The van der Waals surface area contributed by atoms with E-state index in [0.717, 1.165) is 4.57 Å². The van der Waals surface area contributed by atoms with Crippen LogP contribution in [0.15, 0.2) is 9.59 Å². The van der Waals surface area contributed by atoms with Crippen LogP contribution in [0.25, 0.3) is 11.2 Å². The molecule has 7 nitrogen and oxygen atoms in total. The van der Waals surface area contributed by atoms with Gasteiger partial charge < -0.3 is 4.98 Å². The van der Waals surface area contributed by atoms with Crippen LogP contribution in [0.1, 0.15) is 30.4 Å². The zero-order chi connectivity index (χ0) is 13.4. The summed E-state index contributed by atoms with van der Waals surface area (Å²) in [6, 6.07) is 0. The van der Waals surface area contributed by atoms with Crippen molar-refractivity contribution in [1.29, 1.82) is 0 Å². The summed E-state index contributed by atoms with van der Waals surface area (Å²) in [4.78, 5) is 42.0. The molecular formula is C11H14N4O3. The van der Waals surface area contributed by atoms with Crippen LogP contribution >= 0.6 is 0 Å². The maximum Gasteiger partial charge on any atom is 0.332 e. The van der Waals surface area contributed by atoms with Crippen LogP contribution in [-0.4, -0.2) is 24.9 Å². The van der Waals surface area contributed by atoms with E-state index in [9.17, 15) is 14.4 Å². The summed E-state index contributed by atoms with van der Waals surface area (Å²) < 4.78 is 2.23. The lowest BCUT2D eigenvalue weighted by Gasteiger charge is -2.00. The molecule has 0 aliphatic carbocycles. The van der Waals surface area contributed by atoms with Gasteiger partial charge >= 0.3 is 5.69 Å². The Morgan fingerprint density at radius 3 is 2.56 bits per heavy atom. The van der Waals surface area contributed by atoms with Crippen LogP contribution in [0, 0.1) is 0 Å². The fraction of sp³-hybridized carbons (Fsp3) is 0.455. The van der Waals surface area contributed by atoms with Crippen molar-refractivity contribution in [2.75, 3.05) is 0 Å². The van der Waals surface area contributed by atoms with Gasteiger partial charge in [0.1, 0.15) is 5.52 Å². The Hall–Kier alpha value is -2.18. The van der Waals surface area contributed by atoms with E-state index in [0.29, 0.717) is 12.8 Å². The van der Waals surface area contributed by atoms with Gasteiger partial charge in [-0.25, -0.2) is 9.78 Å². The minimum absolute atomic E-state index is 0.130. The molecule has 0 unspecified atom stereocenters. The molecule has 2 rings (SSSR count). The first-order chi connectivity index (χ1) is 8.47. The van der Waals surface area contributed by atoms with Crippen LogP contribution < -0.4 is 11.2 Å². The number of carbonyl (C=O) groups is 1. The van der Waals surface area contributed by atoms with Crippen LogP contribution in [0.5, 0.6) is 0 Å². The van der Waals surface area contributed by atoms with Gasteiger partial charge in [-0.2, -0.15) is 0 Å². The molecule has 0 fully saturated rings. The van der Waals surface area contributed by atoms with E-state index in [4.69, 9.17) is 0 Å². The largest absolute Gasteiger partial charge is 0.332 e. The molecule has 2 aromatic rings. The highest BCUT2D eigenvalue weighted by molar-refractivity contribution is 5.95. The van der Waals surface area contributed by atoms with Gasteiger partial charge in [0.2, 0.25) is 0 Å². The SMILES string of the molecule is CCCC(=O)c1nc2c([nH]1)c(=O)n(C)c(=O)n2C. The second-order valence-corrected chi connectivity index (χ2v) is 4.16. The first kappa shape index (κ1) is 12.3. The van der Waals surface area contributed by atoms with Gasteiger partial charge in [-0.3, -0.25) is 18.7 Å². The Bertz CT molecular complexity index is 735. The zero-order valence-electron chi connectivity index (χ0n) is 10.5. The van der Waals surface area contributed by atoms with Crippen molar-refractivity contribution in [1.82, 2.24) is 19.1 Å². The number of nitrogens with one attached hydrogen (secondary N) is 1. The van der Waals surface area contributed by atoms with Crippen molar-refractivity contribution in [3.8, 4) is 0 Å². The second-order valence-electron chi connectivity index (χ2n) is 4.16. The second kappa shape index (κ2) is 4.25. The number of carbonyl (C=O) groups excluding carboxylic acids is 1. The molecule has 2 heterocycles. The molecule has 18 heavy (non-hydrogen) atoms. The number of hydrogen-bond donors (Lipinski definition) is 1. The van der Waals surface area contributed by atoms with Crippen molar-refractivity contribution < 1.29 is 4.79 Å². The van der Waals surface area contributed by atoms with E-state index >= 15 is 0 Å². The minimum atomic E-state index is -0.476. The summed E-state index contributed by atoms with van der Waals surface area (Å²) >= 11 is 0. The summed E-state index contributed by atoms with van der Waals surface area (Å²) in [5.74, 6) is -0.0339. The third kappa shape index (κ3) is 1.68. The number of aromatic nitrogens is 4. The van der Waals surface area contributed by atoms with E-state index in [-0.39, 0.29) is 22.8 Å². The normalized spacial score (nSPS) is 11.1. The number of rotatable bonds is 3. The quantitative estimate of drug-likeness (QED) is 0.773. The van der Waals surface area contributed by atoms with Gasteiger partial charge in [0.05, 0.1) is 0 Å².